The third-order valence-corrected chi connectivity index (χ3v) is 0.712. The highest BCUT2D eigenvalue weighted by molar-refractivity contribution is 5.80. The van der Waals surface area contributed by atoms with Gasteiger partial charge in [-0.15, -0.1) is 0 Å². The van der Waals surface area contributed by atoms with Crippen molar-refractivity contribution < 1.29 is 19.8 Å². The second-order valence-corrected chi connectivity index (χ2v) is 1.54. The van der Waals surface area contributed by atoms with Crippen LogP contribution in [0.25, 0.3) is 0 Å². The minimum absolute atomic E-state index is 0.532. The number of nitrogens with two attached hydrogens (primary N) is 1. The predicted octanol–water partition coefficient (Wildman–Crippen LogP) is -1.13. The van der Waals surface area contributed by atoms with Crippen LogP contribution in [0.4, 0.5) is 0 Å². The van der Waals surface area contributed by atoms with E-state index in [-0.39, 0.29) is 0 Å². The molecule has 5 heteroatoms. The summed E-state index contributed by atoms with van der Waals surface area (Å²) in [6, 6.07) is -1.29. The van der Waals surface area contributed by atoms with Crippen LogP contribution >= 0.6 is 0 Å². The normalized spacial score (nSPS) is 12.6. The average molecular weight is 141 g/mol. The van der Waals surface area contributed by atoms with Crippen LogP contribution in [-0.2, 0) is 9.59 Å². The molecule has 0 fully saturated rings. The Kier molecular flexibility index (Phi) is 2.66. The molecule has 0 heterocycles. The zero-order valence-corrected chi connectivity index (χ0v) is 4.57. The standard InChI is InChI=1S/C4H7NO4/c5-2(4(8)9)1-3(6)7/h2H,1,5H2,(H,6,7)(H,8,9)/t2-/m0/s1/i1+2,2+2,3+2,4+2. The van der Waals surface area contributed by atoms with Crippen molar-refractivity contribution in [2.45, 2.75) is 12.5 Å². The molecule has 1 atom stereocenters. The van der Waals surface area contributed by atoms with Gasteiger partial charge in [0.2, 0.25) is 0 Å². The molecule has 52 valence electrons. The molecule has 0 saturated carbocycles. The van der Waals surface area contributed by atoms with Gasteiger partial charge in [0.1, 0.15) is 6.04 Å². The van der Waals surface area contributed by atoms with Crippen LogP contribution < -0.4 is 5.73 Å². The summed E-state index contributed by atoms with van der Waals surface area (Å²) in [6.07, 6.45) is -0.532. The first-order chi connectivity index (χ1) is 4.04. The third-order valence-electron chi connectivity index (χ3n) is 0.712. The van der Waals surface area contributed by atoms with E-state index >= 15 is 0 Å². The zero-order valence-electron chi connectivity index (χ0n) is 4.57. The highest BCUT2D eigenvalue weighted by atomic mass is 16.7. The number of hydrogen-bond donors (Lipinski definition) is 3. The fraction of sp³-hybridized carbons (Fsp3) is 0.500. The molecule has 0 unspecified atom stereocenters. The van der Waals surface area contributed by atoms with Crippen LogP contribution in [0.15, 0.2) is 0 Å². The Balaban J connectivity index is 3.63. The minimum atomic E-state index is -1.29. The highest BCUT2D eigenvalue weighted by Crippen LogP contribution is 1.86. The van der Waals surface area contributed by atoms with Crippen LogP contribution in [0.3, 0.4) is 0 Å². The summed E-state index contributed by atoms with van der Waals surface area (Å²) in [7, 11) is 0. The molecule has 0 aromatic heterocycles. The quantitative estimate of drug-likeness (QED) is 0.461. The first kappa shape index (κ1) is 7.90. The molecule has 0 bridgehead atoms. The molecule has 0 saturated heterocycles. The molecule has 0 radical (unpaired) electrons. The van der Waals surface area contributed by atoms with E-state index in [4.69, 9.17) is 15.9 Å². The summed E-state index contributed by atoms with van der Waals surface area (Å²) in [5.74, 6) is -2.50. The van der Waals surface area contributed by atoms with Crippen molar-refractivity contribution in [3.05, 3.63) is 0 Å². The van der Waals surface area contributed by atoms with Crippen molar-refractivity contribution in [3.63, 3.8) is 0 Å². The fourth-order valence-electron chi connectivity index (χ4n) is 0.275. The minimum Gasteiger partial charge on any atom is -0.481 e. The molecule has 0 spiro atoms. The second kappa shape index (κ2) is 3.03. The molecule has 5 nitrogen and oxygen atoms in total. The summed E-state index contributed by atoms with van der Waals surface area (Å²) >= 11 is 0. The van der Waals surface area contributed by atoms with Gasteiger partial charge in [0.15, 0.2) is 0 Å². The molecule has 0 amide bonds. The zero-order chi connectivity index (χ0) is 7.44. The van der Waals surface area contributed by atoms with Crippen LogP contribution in [0.1, 0.15) is 6.42 Å². The SMILES string of the molecule is N[14C@@H]([14CH2][14C](=O)O)[14C](=O)O. The van der Waals surface area contributed by atoms with E-state index in [2.05, 4.69) is 0 Å². The Morgan fingerprint density at radius 1 is 1.44 bits per heavy atom. The summed E-state index contributed by atoms with van der Waals surface area (Å²) in [6.45, 7) is 0. The Morgan fingerprint density at radius 3 is 2.00 bits per heavy atom. The van der Waals surface area contributed by atoms with Crippen molar-refractivity contribution >= 4 is 11.9 Å². The first-order valence-electron chi connectivity index (χ1n) is 2.24. The largest absolute Gasteiger partial charge is 0.481 e. The van der Waals surface area contributed by atoms with Gasteiger partial charge in [-0.2, -0.15) is 0 Å². The van der Waals surface area contributed by atoms with E-state index in [1.807, 2.05) is 0 Å². The van der Waals surface area contributed by atoms with E-state index in [0.717, 1.165) is 0 Å². The lowest BCUT2D eigenvalue weighted by Gasteiger charge is -1.99. The van der Waals surface area contributed by atoms with E-state index in [0.29, 0.717) is 0 Å². The van der Waals surface area contributed by atoms with Gasteiger partial charge in [-0.25, -0.2) is 0 Å². The summed E-state index contributed by atoms with van der Waals surface area (Å²) in [5.41, 5.74) is 4.84. The summed E-state index contributed by atoms with van der Waals surface area (Å²) in [4.78, 5) is 19.6. The van der Waals surface area contributed by atoms with E-state index in [1.54, 1.807) is 0 Å². The first-order valence-corrected chi connectivity index (χ1v) is 2.24. The topological polar surface area (TPSA) is 101 Å². The van der Waals surface area contributed by atoms with Gasteiger partial charge in [0.05, 0.1) is 6.42 Å². The molecular weight excluding hydrogens is 134 g/mol. The molecule has 4 N–H and O–H groups in total. The lowest BCUT2D eigenvalue weighted by Crippen LogP contribution is -2.32. The highest BCUT2D eigenvalue weighted by Gasteiger charge is 2.14. The molecule has 0 aromatic rings. The van der Waals surface area contributed by atoms with Crippen molar-refractivity contribution in [3.8, 4) is 0 Å². The maximum Gasteiger partial charge on any atom is 0.321 e. The monoisotopic (exact) mass is 141 g/mol. The Morgan fingerprint density at radius 2 is 1.89 bits per heavy atom. The Hall–Kier alpha value is -1.10. The average Bonchev–Trinajstić information content (AvgIpc) is 1.63. The molecule has 0 aliphatic carbocycles. The van der Waals surface area contributed by atoms with Gasteiger partial charge in [0, 0.05) is 0 Å². The molecule has 0 aromatic carbocycles. The van der Waals surface area contributed by atoms with Gasteiger partial charge in [0.25, 0.3) is 0 Å². The van der Waals surface area contributed by atoms with E-state index < -0.39 is 24.4 Å². The van der Waals surface area contributed by atoms with Gasteiger partial charge < -0.3 is 15.9 Å². The maximum atomic E-state index is 9.85. The van der Waals surface area contributed by atoms with E-state index in [9.17, 15) is 9.59 Å². The summed E-state index contributed by atoms with van der Waals surface area (Å²) < 4.78 is 0. The molecular formula is C4H7NO4. The fourth-order valence-corrected chi connectivity index (χ4v) is 0.275. The number of carbonyl (C=O) groups is 2. The molecule has 0 rings (SSSR count). The van der Waals surface area contributed by atoms with Crippen molar-refractivity contribution in [1.29, 1.82) is 0 Å². The van der Waals surface area contributed by atoms with Crippen LogP contribution in [0.5, 0.6) is 0 Å². The third kappa shape index (κ3) is 3.48. The number of hydrogen-bond acceptors (Lipinski definition) is 3. The van der Waals surface area contributed by atoms with Gasteiger partial charge in [-0.05, 0) is 0 Å². The van der Waals surface area contributed by atoms with E-state index in [1.165, 1.54) is 0 Å². The van der Waals surface area contributed by atoms with Crippen molar-refractivity contribution in [2.24, 2.45) is 5.73 Å². The lowest BCUT2D eigenvalue weighted by atomic mass is 12.1. The van der Waals surface area contributed by atoms with Gasteiger partial charge >= 0.3 is 11.9 Å². The van der Waals surface area contributed by atoms with Crippen molar-refractivity contribution in [2.75, 3.05) is 0 Å². The predicted molar refractivity (Wildman–Crippen MR) is 27.9 cm³/mol. The Labute approximate surface area is 51.1 Å². The van der Waals surface area contributed by atoms with Gasteiger partial charge in [-0.1, -0.05) is 0 Å². The number of rotatable bonds is 3. The smallest absolute Gasteiger partial charge is 0.321 e. The van der Waals surface area contributed by atoms with Crippen LogP contribution in [0, 0.1) is 0 Å². The number of carboxylic acid groups (broad SMARTS) is 2. The second-order valence-electron chi connectivity index (χ2n) is 1.54. The van der Waals surface area contributed by atoms with Crippen LogP contribution in [0.2, 0.25) is 0 Å². The number of aliphatic carboxylic acids is 2. The maximum absolute atomic E-state index is 9.85. The summed E-state index contributed by atoms with van der Waals surface area (Å²) in [5, 5.41) is 16.0. The molecule has 9 heavy (non-hydrogen) atoms. The molecule has 0 aliphatic rings. The lowest BCUT2D eigenvalue weighted by molar-refractivity contribution is -0.144. The van der Waals surface area contributed by atoms with Crippen LogP contribution in [-0.4, -0.2) is 28.2 Å². The van der Waals surface area contributed by atoms with Crippen molar-refractivity contribution in [1.82, 2.24) is 0 Å². The molecule has 0 aliphatic heterocycles. The number of carboxylic acids is 2. The van der Waals surface area contributed by atoms with Gasteiger partial charge in [-0.3, -0.25) is 9.59 Å². The Bertz CT molecular complexity index is 133.